The van der Waals surface area contributed by atoms with Gasteiger partial charge in [-0.3, -0.25) is 4.79 Å². The van der Waals surface area contributed by atoms with Crippen molar-refractivity contribution in [2.24, 2.45) is 5.92 Å². The number of hydrogen-bond donors (Lipinski definition) is 1. The Labute approximate surface area is 124 Å². The summed E-state index contributed by atoms with van der Waals surface area (Å²) >= 11 is 0. The molecule has 0 aromatic heterocycles. The summed E-state index contributed by atoms with van der Waals surface area (Å²) in [5, 5.41) is 8.65. The highest BCUT2D eigenvalue weighted by atomic mass is 19.1. The van der Waals surface area contributed by atoms with Gasteiger partial charge in [0.25, 0.3) is 5.91 Å². The van der Waals surface area contributed by atoms with Crippen molar-refractivity contribution >= 4 is 5.91 Å². The minimum Gasteiger partial charge on any atom is -0.395 e. The van der Waals surface area contributed by atoms with Gasteiger partial charge in [0.1, 0.15) is 5.82 Å². The SMILES string of the molecule is CCC1CCN(C(=O)c2ccc(C#CCCO)cc2F)C1. The molecule has 112 valence electrons. The third-order valence-corrected chi connectivity index (χ3v) is 3.82. The van der Waals surface area contributed by atoms with Gasteiger partial charge in [-0.05, 0) is 30.5 Å². The van der Waals surface area contributed by atoms with Gasteiger partial charge in [-0.2, -0.15) is 0 Å². The molecule has 1 unspecified atom stereocenters. The van der Waals surface area contributed by atoms with Crippen molar-refractivity contribution in [3.8, 4) is 11.8 Å². The van der Waals surface area contributed by atoms with Crippen LogP contribution in [0.5, 0.6) is 0 Å². The number of rotatable bonds is 3. The van der Waals surface area contributed by atoms with E-state index in [1.807, 2.05) is 0 Å². The van der Waals surface area contributed by atoms with Crippen LogP contribution in [0, 0.1) is 23.6 Å². The van der Waals surface area contributed by atoms with E-state index in [-0.39, 0.29) is 18.1 Å². The molecule has 21 heavy (non-hydrogen) atoms. The highest BCUT2D eigenvalue weighted by molar-refractivity contribution is 5.94. The van der Waals surface area contributed by atoms with E-state index in [1.165, 1.54) is 12.1 Å². The van der Waals surface area contributed by atoms with Crippen molar-refractivity contribution in [2.45, 2.75) is 26.2 Å². The second-order valence-corrected chi connectivity index (χ2v) is 5.28. The average molecular weight is 289 g/mol. The summed E-state index contributed by atoms with van der Waals surface area (Å²) < 4.78 is 14.1. The minimum atomic E-state index is -0.532. The fourth-order valence-electron chi connectivity index (χ4n) is 2.51. The number of benzene rings is 1. The van der Waals surface area contributed by atoms with Crippen LogP contribution in [0.3, 0.4) is 0 Å². The minimum absolute atomic E-state index is 0.0143. The standard InChI is InChI=1S/C17H20FNO2/c1-2-13-8-9-19(12-13)17(21)15-7-6-14(11-16(15)18)5-3-4-10-20/h6-7,11,13,20H,2,4,8-10,12H2,1H3. The second kappa shape index (κ2) is 7.24. The molecule has 0 radical (unpaired) electrons. The van der Waals surface area contributed by atoms with Gasteiger partial charge in [-0.15, -0.1) is 0 Å². The van der Waals surface area contributed by atoms with E-state index in [2.05, 4.69) is 18.8 Å². The molecule has 0 aliphatic carbocycles. The van der Waals surface area contributed by atoms with Gasteiger partial charge in [0.05, 0.1) is 12.2 Å². The largest absolute Gasteiger partial charge is 0.395 e. The Morgan fingerprint density at radius 3 is 2.95 bits per heavy atom. The molecular weight excluding hydrogens is 269 g/mol. The third kappa shape index (κ3) is 3.83. The van der Waals surface area contributed by atoms with Crippen LogP contribution in [-0.4, -0.2) is 35.6 Å². The maximum atomic E-state index is 14.1. The summed E-state index contributed by atoms with van der Waals surface area (Å²) in [6, 6.07) is 4.43. The van der Waals surface area contributed by atoms with Crippen LogP contribution in [0.4, 0.5) is 4.39 Å². The predicted molar refractivity (Wildman–Crippen MR) is 79.3 cm³/mol. The summed E-state index contributed by atoms with van der Waals surface area (Å²) in [6.45, 7) is 3.51. The Hall–Kier alpha value is -1.86. The van der Waals surface area contributed by atoms with Gasteiger partial charge in [0.2, 0.25) is 0 Å². The monoisotopic (exact) mass is 289 g/mol. The lowest BCUT2D eigenvalue weighted by Crippen LogP contribution is -2.29. The first-order valence-corrected chi connectivity index (χ1v) is 7.34. The maximum absolute atomic E-state index is 14.1. The highest BCUT2D eigenvalue weighted by Gasteiger charge is 2.27. The molecule has 1 saturated heterocycles. The first-order valence-electron chi connectivity index (χ1n) is 7.34. The molecule has 1 aliphatic heterocycles. The van der Waals surface area contributed by atoms with E-state index in [1.54, 1.807) is 11.0 Å². The molecular formula is C17H20FNO2. The van der Waals surface area contributed by atoms with Crippen LogP contribution in [0.1, 0.15) is 42.1 Å². The van der Waals surface area contributed by atoms with E-state index >= 15 is 0 Å². The van der Waals surface area contributed by atoms with Gasteiger partial charge in [-0.25, -0.2) is 4.39 Å². The number of aliphatic hydroxyl groups excluding tert-OH is 1. The third-order valence-electron chi connectivity index (χ3n) is 3.82. The van der Waals surface area contributed by atoms with Gasteiger partial charge >= 0.3 is 0 Å². The Morgan fingerprint density at radius 2 is 2.33 bits per heavy atom. The molecule has 1 aliphatic rings. The lowest BCUT2D eigenvalue weighted by atomic mass is 10.1. The van der Waals surface area contributed by atoms with Crippen molar-refractivity contribution in [1.29, 1.82) is 0 Å². The zero-order chi connectivity index (χ0) is 15.2. The number of carbonyl (C=O) groups is 1. The molecule has 3 nitrogen and oxygen atoms in total. The van der Waals surface area contributed by atoms with E-state index in [0.29, 0.717) is 31.0 Å². The topological polar surface area (TPSA) is 40.5 Å². The summed E-state index contributed by atoms with van der Waals surface area (Å²) in [5.41, 5.74) is 0.629. The Bertz CT molecular complexity index is 574. The summed E-state index contributed by atoms with van der Waals surface area (Å²) in [5.74, 6) is 5.26. The van der Waals surface area contributed by atoms with Gasteiger partial charge in [0.15, 0.2) is 0 Å². The van der Waals surface area contributed by atoms with Gasteiger partial charge < -0.3 is 10.0 Å². The van der Waals surface area contributed by atoms with Crippen LogP contribution in [0.2, 0.25) is 0 Å². The Balaban J connectivity index is 2.10. The van der Waals surface area contributed by atoms with E-state index in [4.69, 9.17) is 5.11 Å². The first kappa shape index (κ1) is 15.5. The zero-order valence-electron chi connectivity index (χ0n) is 12.2. The fourth-order valence-corrected chi connectivity index (χ4v) is 2.51. The molecule has 1 aromatic carbocycles. The van der Waals surface area contributed by atoms with Crippen molar-refractivity contribution in [1.82, 2.24) is 4.90 Å². The number of likely N-dealkylation sites (tertiary alicyclic amines) is 1. The molecule has 1 heterocycles. The zero-order valence-corrected chi connectivity index (χ0v) is 12.2. The molecule has 2 rings (SSSR count). The molecule has 1 fully saturated rings. The first-order chi connectivity index (χ1) is 10.2. The molecule has 4 heteroatoms. The van der Waals surface area contributed by atoms with Crippen LogP contribution in [0.15, 0.2) is 18.2 Å². The number of halogens is 1. The van der Waals surface area contributed by atoms with Crippen molar-refractivity contribution in [3.63, 3.8) is 0 Å². The molecule has 1 N–H and O–H groups in total. The van der Waals surface area contributed by atoms with Crippen LogP contribution < -0.4 is 0 Å². The summed E-state index contributed by atoms with van der Waals surface area (Å²) in [6.07, 6.45) is 2.40. The molecule has 0 bridgehead atoms. The fraction of sp³-hybridized carbons (Fsp3) is 0.471. The van der Waals surface area contributed by atoms with Gasteiger partial charge in [0, 0.05) is 25.1 Å². The van der Waals surface area contributed by atoms with Crippen LogP contribution >= 0.6 is 0 Å². The normalized spacial score (nSPS) is 17.5. The van der Waals surface area contributed by atoms with Crippen LogP contribution in [-0.2, 0) is 0 Å². The predicted octanol–water partition coefficient (Wildman–Crippen LogP) is 2.43. The average Bonchev–Trinajstić information content (AvgIpc) is 2.96. The highest BCUT2D eigenvalue weighted by Crippen LogP contribution is 2.22. The van der Waals surface area contributed by atoms with Crippen molar-refractivity contribution < 1.29 is 14.3 Å². The summed E-state index contributed by atoms with van der Waals surface area (Å²) in [7, 11) is 0. The van der Waals surface area contributed by atoms with E-state index in [0.717, 1.165) is 12.8 Å². The number of aliphatic hydroxyl groups is 1. The quantitative estimate of drug-likeness (QED) is 0.868. The van der Waals surface area contributed by atoms with Crippen molar-refractivity contribution in [3.05, 3.63) is 35.1 Å². The van der Waals surface area contributed by atoms with E-state index in [9.17, 15) is 9.18 Å². The second-order valence-electron chi connectivity index (χ2n) is 5.28. The van der Waals surface area contributed by atoms with Gasteiger partial charge in [-0.1, -0.05) is 25.2 Å². The smallest absolute Gasteiger partial charge is 0.256 e. The van der Waals surface area contributed by atoms with Crippen LogP contribution in [0.25, 0.3) is 0 Å². The molecule has 0 spiro atoms. The number of nitrogens with zero attached hydrogens (tertiary/aromatic N) is 1. The molecule has 1 aromatic rings. The molecule has 1 amide bonds. The number of amides is 1. The number of carbonyl (C=O) groups excluding carboxylic acids is 1. The Kier molecular flexibility index (Phi) is 5.35. The van der Waals surface area contributed by atoms with Crippen molar-refractivity contribution in [2.75, 3.05) is 19.7 Å². The number of hydrogen-bond acceptors (Lipinski definition) is 2. The molecule has 0 saturated carbocycles. The lowest BCUT2D eigenvalue weighted by molar-refractivity contribution is 0.0782. The lowest BCUT2D eigenvalue weighted by Gasteiger charge is -2.16. The summed E-state index contributed by atoms with van der Waals surface area (Å²) in [4.78, 5) is 14.0. The Morgan fingerprint density at radius 1 is 1.52 bits per heavy atom. The molecule has 1 atom stereocenters. The maximum Gasteiger partial charge on any atom is 0.256 e. The van der Waals surface area contributed by atoms with E-state index < -0.39 is 5.82 Å².